The molecule has 0 spiro atoms. The Balaban J connectivity index is 1.66. The Labute approximate surface area is 193 Å². The summed E-state index contributed by atoms with van der Waals surface area (Å²) in [5, 5.41) is 1.86. The van der Waals surface area contributed by atoms with E-state index in [1.165, 1.54) is 11.3 Å². The van der Waals surface area contributed by atoms with Crippen molar-refractivity contribution in [2.75, 3.05) is 0 Å². The fourth-order valence-corrected chi connectivity index (χ4v) is 4.93. The molecule has 0 radical (unpaired) electrons. The molecule has 0 aliphatic rings. The van der Waals surface area contributed by atoms with E-state index in [9.17, 15) is 4.79 Å². The van der Waals surface area contributed by atoms with E-state index in [1.807, 2.05) is 43.3 Å². The summed E-state index contributed by atoms with van der Waals surface area (Å²) < 4.78 is 12.3. The predicted molar refractivity (Wildman–Crippen MR) is 125 cm³/mol. The minimum Gasteiger partial charge on any atom is -0.486 e. The van der Waals surface area contributed by atoms with Crippen molar-refractivity contribution >= 4 is 50.8 Å². The first-order valence-electron chi connectivity index (χ1n) is 9.54. The van der Waals surface area contributed by atoms with E-state index in [4.69, 9.17) is 38.4 Å². The molecule has 31 heavy (non-hydrogen) atoms. The third-order valence-corrected chi connectivity index (χ3v) is 6.37. The molecule has 4 aromatic rings. The molecule has 1 amide bonds. The van der Waals surface area contributed by atoms with Gasteiger partial charge in [0, 0.05) is 15.6 Å². The van der Waals surface area contributed by atoms with Crippen LogP contribution in [0.4, 0.5) is 4.79 Å². The van der Waals surface area contributed by atoms with Crippen LogP contribution in [0.15, 0.2) is 60.7 Å². The van der Waals surface area contributed by atoms with Gasteiger partial charge in [-0.1, -0.05) is 48.3 Å². The van der Waals surface area contributed by atoms with Crippen LogP contribution in [0.25, 0.3) is 20.8 Å². The number of hydrogen-bond donors (Lipinski definition) is 1. The molecular weight excluding hydrogens is 455 g/mol. The zero-order valence-electron chi connectivity index (χ0n) is 16.5. The molecule has 0 bridgehead atoms. The molecule has 0 fully saturated rings. The van der Waals surface area contributed by atoms with Crippen LogP contribution in [-0.2, 0) is 0 Å². The number of rotatable bonds is 6. The molecule has 0 saturated heterocycles. The number of halogens is 2. The van der Waals surface area contributed by atoms with Crippen LogP contribution in [0.5, 0.6) is 11.5 Å². The monoisotopic (exact) mass is 472 g/mol. The third kappa shape index (κ3) is 4.61. The molecule has 0 aliphatic carbocycles. The summed E-state index contributed by atoms with van der Waals surface area (Å²) in [6.07, 6.45) is -0.448. The topological polar surface area (TPSA) is 74.4 Å². The lowest BCUT2D eigenvalue weighted by molar-refractivity contribution is 0.202. The highest BCUT2D eigenvalue weighted by molar-refractivity contribution is 7.21. The Morgan fingerprint density at radius 3 is 2.55 bits per heavy atom. The Bertz CT molecular complexity index is 1240. The first-order valence-corrected chi connectivity index (χ1v) is 11.1. The lowest BCUT2D eigenvalue weighted by atomic mass is 10.1. The molecule has 1 heterocycles. The van der Waals surface area contributed by atoms with Crippen LogP contribution < -0.4 is 15.2 Å². The summed E-state index contributed by atoms with van der Waals surface area (Å²) in [5.74, 6) is 1.05. The Morgan fingerprint density at radius 2 is 1.84 bits per heavy atom. The van der Waals surface area contributed by atoms with Crippen LogP contribution in [-0.4, -0.2) is 11.1 Å². The van der Waals surface area contributed by atoms with Crippen LogP contribution >= 0.6 is 34.5 Å². The van der Waals surface area contributed by atoms with Gasteiger partial charge in [-0.05, 0) is 48.9 Å². The zero-order chi connectivity index (χ0) is 22.0. The molecule has 1 aromatic heterocycles. The van der Waals surface area contributed by atoms with Gasteiger partial charge in [0.2, 0.25) is 0 Å². The number of hydrogen-bond acceptors (Lipinski definition) is 5. The van der Waals surface area contributed by atoms with Gasteiger partial charge in [0.25, 0.3) is 0 Å². The molecule has 4 rings (SSSR count). The van der Waals surface area contributed by atoms with E-state index >= 15 is 0 Å². The number of carbonyl (C=O) groups is 1. The molecule has 0 saturated carbocycles. The number of primary amides is 1. The van der Waals surface area contributed by atoms with E-state index in [0.717, 1.165) is 15.8 Å². The maximum absolute atomic E-state index is 11.2. The molecular formula is C23H18Cl2N2O3S. The van der Waals surface area contributed by atoms with Crippen LogP contribution in [0.1, 0.15) is 25.0 Å². The van der Waals surface area contributed by atoms with Gasteiger partial charge in [-0.15, -0.1) is 11.3 Å². The highest BCUT2D eigenvalue weighted by Gasteiger charge is 2.19. The molecule has 1 unspecified atom stereocenters. The van der Waals surface area contributed by atoms with Crippen molar-refractivity contribution in [2.24, 2.45) is 5.73 Å². The smallest absolute Gasteiger partial charge is 0.409 e. The minimum atomic E-state index is -0.868. The summed E-state index contributed by atoms with van der Waals surface area (Å²) in [6.45, 7) is 2.02. The predicted octanol–water partition coefficient (Wildman–Crippen LogP) is 7.26. The maximum Gasteiger partial charge on any atom is 0.409 e. The van der Waals surface area contributed by atoms with E-state index in [-0.39, 0.29) is 6.10 Å². The van der Waals surface area contributed by atoms with Gasteiger partial charge in [-0.25, -0.2) is 9.78 Å². The largest absolute Gasteiger partial charge is 0.486 e. The highest BCUT2D eigenvalue weighted by atomic mass is 35.5. The van der Waals surface area contributed by atoms with E-state index in [1.54, 1.807) is 24.3 Å². The highest BCUT2D eigenvalue weighted by Crippen LogP contribution is 2.39. The second-order valence-electron chi connectivity index (χ2n) is 6.72. The van der Waals surface area contributed by atoms with Crippen LogP contribution in [0.2, 0.25) is 10.0 Å². The quantitative estimate of drug-likeness (QED) is 0.320. The van der Waals surface area contributed by atoms with Crippen LogP contribution in [0.3, 0.4) is 0 Å². The maximum atomic E-state index is 11.2. The molecule has 158 valence electrons. The molecule has 8 heteroatoms. The van der Waals surface area contributed by atoms with Gasteiger partial charge < -0.3 is 15.2 Å². The summed E-state index contributed by atoms with van der Waals surface area (Å²) in [5.41, 5.74) is 7.46. The van der Waals surface area contributed by atoms with Crippen molar-refractivity contribution in [1.29, 1.82) is 0 Å². The number of thiazole rings is 1. The van der Waals surface area contributed by atoms with Gasteiger partial charge >= 0.3 is 6.09 Å². The number of aromatic nitrogens is 1. The van der Waals surface area contributed by atoms with Gasteiger partial charge in [0.1, 0.15) is 22.6 Å². The first-order chi connectivity index (χ1) is 15.0. The fraction of sp³-hybridized carbons (Fsp3) is 0.130. The van der Waals surface area contributed by atoms with E-state index in [2.05, 4.69) is 4.98 Å². The van der Waals surface area contributed by atoms with Crippen molar-refractivity contribution in [3.63, 3.8) is 0 Å². The van der Waals surface area contributed by atoms with Gasteiger partial charge in [-0.2, -0.15) is 0 Å². The normalized spacial score (nSPS) is 12.0. The minimum absolute atomic E-state index is 0.282. The Kier molecular flexibility index (Phi) is 6.32. The number of para-hydroxylation sites is 1. The summed E-state index contributed by atoms with van der Waals surface area (Å²) in [6, 6.07) is 18.2. The second-order valence-corrected chi connectivity index (χ2v) is 8.56. The molecule has 3 aromatic carbocycles. The van der Waals surface area contributed by atoms with Crippen molar-refractivity contribution in [1.82, 2.24) is 4.98 Å². The number of fused-ring (bicyclic) bond motifs is 1. The van der Waals surface area contributed by atoms with Gasteiger partial charge in [0.15, 0.2) is 0 Å². The lowest BCUT2D eigenvalue weighted by Gasteiger charge is -2.20. The number of carbonyl (C=O) groups excluding carboxylic acids is 1. The van der Waals surface area contributed by atoms with Gasteiger partial charge in [-0.3, -0.25) is 0 Å². The SMILES string of the molecule is CCC(Oc1ccc2nc(-c3ccccc3OC(N)=O)sc2c1)c1c(Cl)cccc1Cl. The zero-order valence-corrected chi connectivity index (χ0v) is 18.8. The van der Waals surface area contributed by atoms with E-state index < -0.39 is 6.09 Å². The number of nitrogens with zero attached hydrogens (tertiary/aromatic N) is 1. The van der Waals surface area contributed by atoms with Crippen molar-refractivity contribution in [2.45, 2.75) is 19.4 Å². The lowest BCUT2D eigenvalue weighted by Crippen LogP contribution is -2.16. The van der Waals surface area contributed by atoms with Gasteiger partial charge in [0.05, 0.1) is 15.8 Å². The molecule has 2 N–H and O–H groups in total. The average Bonchev–Trinajstić information content (AvgIpc) is 3.16. The first kappa shape index (κ1) is 21.4. The fourth-order valence-electron chi connectivity index (χ4n) is 3.26. The average molecular weight is 473 g/mol. The Hall–Kier alpha value is -2.80. The second kappa shape index (κ2) is 9.14. The summed E-state index contributed by atoms with van der Waals surface area (Å²) >= 11 is 14.2. The number of nitrogens with two attached hydrogens (primary N) is 1. The molecule has 0 aliphatic heterocycles. The van der Waals surface area contributed by atoms with Crippen molar-refractivity contribution in [3.05, 3.63) is 76.3 Å². The Morgan fingerprint density at radius 1 is 1.10 bits per heavy atom. The summed E-state index contributed by atoms with van der Waals surface area (Å²) in [7, 11) is 0. The van der Waals surface area contributed by atoms with E-state index in [0.29, 0.717) is 38.5 Å². The van der Waals surface area contributed by atoms with Crippen molar-refractivity contribution in [3.8, 4) is 22.1 Å². The van der Waals surface area contributed by atoms with Crippen LogP contribution in [0, 0.1) is 0 Å². The van der Waals surface area contributed by atoms with Crippen molar-refractivity contribution < 1.29 is 14.3 Å². The summed E-state index contributed by atoms with van der Waals surface area (Å²) in [4.78, 5) is 15.9. The number of ether oxygens (including phenoxy) is 2. The standard InChI is InChI=1S/C23H18Cl2N2O3S/c1-2-18(21-15(24)7-5-8-16(21)25)29-13-10-11-17-20(12-13)31-22(27-17)14-6-3-4-9-19(14)30-23(26)28/h3-12,18H,2H2,1H3,(H2,26,28). The molecule has 5 nitrogen and oxygen atoms in total. The molecule has 1 atom stereocenters. The number of amides is 1. The number of benzene rings is 3. The third-order valence-electron chi connectivity index (χ3n) is 4.66.